The lowest BCUT2D eigenvalue weighted by atomic mass is 10.1. The van der Waals surface area contributed by atoms with E-state index in [1.807, 2.05) is 0 Å². The van der Waals surface area contributed by atoms with Crippen molar-refractivity contribution in [3.05, 3.63) is 22.2 Å². The maximum atomic E-state index is 10.9. The van der Waals surface area contributed by atoms with Gasteiger partial charge in [-0.25, -0.2) is 4.63 Å². The molecular weight excluding hydrogens is 262 g/mol. The fourth-order valence-electron chi connectivity index (χ4n) is 2.59. The molecule has 0 bridgehead atoms. The first-order valence-electron chi connectivity index (χ1n) is 6.47. The van der Waals surface area contributed by atoms with E-state index < -0.39 is 4.92 Å². The molecule has 0 aliphatic carbocycles. The summed E-state index contributed by atoms with van der Waals surface area (Å²) in [7, 11) is 2.10. The number of nitrogens with one attached hydrogen (secondary N) is 1. The molecule has 1 aromatic carbocycles. The Morgan fingerprint density at radius 2 is 2.30 bits per heavy atom. The highest BCUT2D eigenvalue weighted by atomic mass is 16.6. The highest BCUT2D eigenvalue weighted by molar-refractivity contribution is 5.93. The van der Waals surface area contributed by atoms with Gasteiger partial charge in [0.05, 0.1) is 10.6 Å². The summed E-state index contributed by atoms with van der Waals surface area (Å²) in [6.07, 6.45) is 1.15. The van der Waals surface area contributed by atoms with Crippen LogP contribution in [0.25, 0.3) is 11.0 Å². The van der Waals surface area contributed by atoms with Gasteiger partial charge in [0.2, 0.25) is 5.52 Å². The molecule has 20 heavy (non-hydrogen) atoms. The number of nitrogens with zero attached hydrogens (tertiary/aromatic N) is 4. The van der Waals surface area contributed by atoms with Crippen molar-refractivity contribution in [1.82, 2.24) is 15.2 Å². The topological polar surface area (TPSA) is 97.3 Å². The average molecular weight is 277 g/mol. The minimum atomic E-state index is -0.484. The first-order chi connectivity index (χ1) is 9.65. The van der Waals surface area contributed by atoms with E-state index in [-0.39, 0.29) is 11.2 Å². The highest BCUT2D eigenvalue weighted by Gasteiger charge is 2.22. The van der Waals surface area contributed by atoms with Gasteiger partial charge in [0, 0.05) is 19.2 Å². The fraction of sp³-hybridized carbons (Fsp3) is 0.500. The molecule has 1 aliphatic heterocycles. The van der Waals surface area contributed by atoms with Crippen molar-refractivity contribution in [1.29, 1.82) is 0 Å². The number of benzene rings is 1. The summed E-state index contributed by atoms with van der Waals surface area (Å²) in [6, 6.07) is 3.08. The van der Waals surface area contributed by atoms with Crippen LogP contribution in [0.1, 0.15) is 6.42 Å². The smallest absolute Gasteiger partial charge is 0.300 e. The van der Waals surface area contributed by atoms with Crippen LogP contribution >= 0.6 is 0 Å². The lowest BCUT2D eigenvalue weighted by molar-refractivity contribution is -0.383. The third-order valence-electron chi connectivity index (χ3n) is 3.66. The van der Waals surface area contributed by atoms with Crippen LogP contribution in [-0.4, -0.2) is 46.8 Å². The lowest BCUT2D eigenvalue weighted by Crippen LogP contribution is -2.19. The molecule has 1 unspecified atom stereocenters. The Morgan fingerprint density at radius 3 is 3.00 bits per heavy atom. The van der Waals surface area contributed by atoms with Crippen LogP contribution in [0.15, 0.2) is 16.8 Å². The maximum absolute atomic E-state index is 10.9. The molecule has 0 radical (unpaired) electrons. The predicted octanol–water partition coefficient (Wildman–Crippen LogP) is 1.49. The van der Waals surface area contributed by atoms with E-state index in [1.54, 1.807) is 6.07 Å². The van der Waals surface area contributed by atoms with Gasteiger partial charge in [-0.15, -0.1) is 0 Å². The van der Waals surface area contributed by atoms with Gasteiger partial charge in [-0.1, -0.05) is 0 Å². The number of anilines is 1. The van der Waals surface area contributed by atoms with Crippen molar-refractivity contribution in [2.24, 2.45) is 5.92 Å². The third kappa shape index (κ3) is 2.29. The van der Waals surface area contributed by atoms with Crippen molar-refractivity contribution in [2.75, 3.05) is 32.0 Å². The summed E-state index contributed by atoms with van der Waals surface area (Å²) in [5.74, 6) is 0.574. The largest absolute Gasteiger partial charge is 0.383 e. The average Bonchev–Trinajstić information content (AvgIpc) is 3.04. The third-order valence-corrected chi connectivity index (χ3v) is 3.66. The zero-order valence-electron chi connectivity index (χ0n) is 11.1. The Labute approximate surface area is 114 Å². The number of aromatic nitrogens is 2. The normalized spacial score (nSPS) is 19.6. The molecule has 1 saturated heterocycles. The van der Waals surface area contributed by atoms with E-state index in [2.05, 4.69) is 32.2 Å². The van der Waals surface area contributed by atoms with E-state index in [9.17, 15) is 10.1 Å². The second kappa shape index (κ2) is 5.04. The van der Waals surface area contributed by atoms with Gasteiger partial charge in [0.1, 0.15) is 0 Å². The van der Waals surface area contributed by atoms with Gasteiger partial charge in [-0.2, -0.15) is 0 Å². The molecule has 8 nitrogen and oxygen atoms in total. The van der Waals surface area contributed by atoms with Crippen LogP contribution in [0.2, 0.25) is 0 Å². The van der Waals surface area contributed by atoms with Gasteiger partial charge in [-0.3, -0.25) is 10.1 Å². The van der Waals surface area contributed by atoms with E-state index >= 15 is 0 Å². The number of nitro groups is 1. The monoisotopic (exact) mass is 277 g/mol. The Kier molecular flexibility index (Phi) is 3.23. The number of nitro benzene ring substituents is 1. The highest BCUT2D eigenvalue weighted by Crippen LogP contribution is 2.29. The first-order valence-corrected chi connectivity index (χ1v) is 6.47. The van der Waals surface area contributed by atoms with Crippen molar-refractivity contribution in [2.45, 2.75) is 6.42 Å². The SMILES string of the molecule is CN1CCC(CNc2ccc([N+](=O)[O-])c3nonc23)C1. The van der Waals surface area contributed by atoms with Crippen LogP contribution in [0.5, 0.6) is 0 Å². The van der Waals surface area contributed by atoms with Crippen molar-refractivity contribution in [3.8, 4) is 0 Å². The zero-order valence-corrected chi connectivity index (χ0v) is 11.1. The molecule has 3 rings (SSSR count). The summed E-state index contributed by atoms with van der Waals surface area (Å²) in [4.78, 5) is 12.7. The van der Waals surface area contributed by atoms with Crippen LogP contribution in [-0.2, 0) is 0 Å². The lowest BCUT2D eigenvalue weighted by Gasteiger charge is -2.12. The summed E-state index contributed by atoms with van der Waals surface area (Å²) < 4.78 is 4.63. The van der Waals surface area contributed by atoms with Gasteiger partial charge < -0.3 is 10.2 Å². The van der Waals surface area contributed by atoms with E-state index in [4.69, 9.17) is 0 Å². The molecule has 0 amide bonds. The molecule has 1 atom stereocenters. The van der Waals surface area contributed by atoms with Crippen molar-refractivity contribution >= 4 is 22.4 Å². The number of hydrogen-bond donors (Lipinski definition) is 1. The quantitative estimate of drug-likeness (QED) is 0.668. The number of fused-ring (bicyclic) bond motifs is 1. The maximum Gasteiger partial charge on any atom is 0.300 e. The molecule has 0 saturated carbocycles. The fourth-order valence-corrected chi connectivity index (χ4v) is 2.59. The van der Waals surface area contributed by atoms with Gasteiger partial charge in [0.15, 0.2) is 5.52 Å². The summed E-state index contributed by atoms with van der Waals surface area (Å²) in [5.41, 5.74) is 1.22. The van der Waals surface area contributed by atoms with E-state index in [1.165, 1.54) is 6.07 Å². The minimum absolute atomic E-state index is 0.0904. The number of hydrogen-bond acceptors (Lipinski definition) is 7. The number of rotatable bonds is 4. The molecule has 8 heteroatoms. The summed E-state index contributed by atoms with van der Waals surface area (Å²) >= 11 is 0. The van der Waals surface area contributed by atoms with Gasteiger partial charge in [0.25, 0.3) is 0 Å². The molecule has 1 aliphatic rings. The second-order valence-electron chi connectivity index (χ2n) is 5.15. The Balaban J connectivity index is 1.80. The van der Waals surface area contributed by atoms with Gasteiger partial charge in [-0.05, 0) is 42.3 Å². The molecule has 1 N–H and O–H groups in total. The number of non-ortho nitro benzene ring substituents is 1. The van der Waals surface area contributed by atoms with E-state index in [0.717, 1.165) is 31.7 Å². The Bertz CT molecular complexity index is 641. The zero-order chi connectivity index (χ0) is 14.1. The molecule has 2 aromatic rings. The van der Waals surface area contributed by atoms with Crippen LogP contribution < -0.4 is 5.32 Å². The van der Waals surface area contributed by atoms with Gasteiger partial charge >= 0.3 is 5.69 Å². The predicted molar refractivity (Wildman–Crippen MR) is 72.6 cm³/mol. The molecular formula is C12H15N5O3. The van der Waals surface area contributed by atoms with Crippen LogP contribution in [0.4, 0.5) is 11.4 Å². The first kappa shape index (κ1) is 12.8. The van der Waals surface area contributed by atoms with Crippen LogP contribution in [0.3, 0.4) is 0 Å². The van der Waals surface area contributed by atoms with E-state index in [0.29, 0.717) is 11.4 Å². The summed E-state index contributed by atoms with van der Waals surface area (Å²) in [5, 5.41) is 21.6. The van der Waals surface area contributed by atoms with Crippen molar-refractivity contribution in [3.63, 3.8) is 0 Å². The molecule has 1 aromatic heterocycles. The molecule has 2 heterocycles. The Hall–Kier alpha value is -2.22. The summed E-state index contributed by atoms with van der Waals surface area (Å²) in [6.45, 7) is 2.97. The standard InChI is InChI=1S/C12H15N5O3/c1-16-5-4-8(7-16)6-13-9-2-3-10(17(18)19)12-11(9)14-20-15-12/h2-3,8,13H,4-7H2,1H3. The molecule has 0 spiro atoms. The molecule has 1 fully saturated rings. The number of likely N-dealkylation sites (tertiary alicyclic amines) is 1. The van der Waals surface area contributed by atoms with Crippen molar-refractivity contribution < 1.29 is 9.55 Å². The molecule has 106 valence electrons. The minimum Gasteiger partial charge on any atom is -0.383 e. The Morgan fingerprint density at radius 1 is 1.50 bits per heavy atom. The second-order valence-corrected chi connectivity index (χ2v) is 5.15. The van der Waals surface area contributed by atoms with Crippen LogP contribution in [0, 0.1) is 16.0 Å².